The number of ether oxygens (including phenoxy) is 7. The second kappa shape index (κ2) is 18.0. The predicted octanol–water partition coefficient (Wildman–Crippen LogP) is -9.46. The van der Waals surface area contributed by atoms with E-state index in [1.165, 1.54) is 0 Å². The number of carbonyl (C=O) groups excluding carboxylic acids is 2. The van der Waals surface area contributed by atoms with E-state index in [9.17, 15) is 70.9 Å². The van der Waals surface area contributed by atoms with Gasteiger partial charge in [0.2, 0.25) is 11.8 Å². The minimum Gasteiger partial charge on any atom is -0.394 e. The van der Waals surface area contributed by atoms with Crippen molar-refractivity contribution in [2.24, 2.45) is 0 Å². The molecule has 296 valence electrons. The number of rotatable bonds is 12. The first kappa shape index (κ1) is 41.9. The highest BCUT2D eigenvalue weighted by Gasteiger charge is 2.55. The van der Waals surface area contributed by atoms with Gasteiger partial charge in [0.15, 0.2) is 25.2 Å². The lowest BCUT2D eigenvalue weighted by atomic mass is 9.94. The maximum atomic E-state index is 12.2. The standard InChI is InChI=1S/C28H48N2O21/c1-7(35)29-13-16(38)22(10(4-32)45-25(13)44)49-26-14(30-8(2)36)17(39)23(11(5-33)47-26)50-28-21(43)19(41)24(12(6-34)48-28)51-27-20(42)18(40)15(37)9(3-31)46-27/h9-28,31-34,37-44H,3-6H2,1-2H3,(H,29,35)(H,30,36)/t9-,10-,11-,12-,13-,14-,15-,16-,17-,18+,19-,20+,21+,22-,23-,24-,25-,26-,27+,28+/m1/s1. The first-order chi connectivity index (χ1) is 24.1. The third-order valence-electron chi connectivity index (χ3n) is 9.01. The van der Waals surface area contributed by atoms with E-state index in [-0.39, 0.29) is 0 Å². The van der Waals surface area contributed by atoms with E-state index in [0.717, 1.165) is 13.8 Å². The molecule has 0 bridgehead atoms. The fourth-order valence-corrected chi connectivity index (χ4v) is 6.36. The summed E-state index contributed by atoms with van der Waals surface area (Å²) >= 11 is 0. The molecule has 0 aromatic heterocycles. The summed E-state index contributed by atoms with van der Waals surface area (Å²) in [5.74, 6) is -1.39. The summed E-state index contributed by atoms with van der Waals surface area (Å²) in [7, 11) is 0. The fraction of sp³-hybridized carbons (Fsp3) is 0.929. The zero-order chi connectivity index (χ0) is 37.9. The van der Waals surface area contributed by atoms with E-state index in [1.807, 2.05) is 0 Å². The molecule has 0 aromatic carbocycles. The van der Waals surface area contributed by atoms with Gasteiger partial charge in [-0.25, -0.2) is 0 Å². The monoisotopic (exact) mass is 748 g/mol. The smallest absolute Gasteiger partial charge is 0.217 e. The van der Waals surface area contributed by atoms with Crippen molar-refractivity contribution in [1.82, 2.24) is 10.6 Å². The van der Waals surface area contributed by atoms with Gasteiger partial charge in [-0.3, -0.25) is 9.59 Å². The third kappa shape index (κ3) is 9.11. The Balaban J connectivity index is 1.52. The zero-order valence-corrected chi connectivity index (χ0v) is 27.4. The number of amides is 2. The lowest BCUT2D eigenvalue weighted by molar-refractivity contribution is -0.378. The van der Waals surface area contributed by atoms with Gasteiger partial charge in [0.05, 0.1) is 26.4 Å². The van der Waals surface area contributed by atoms with Gasteiger partial charge in [0, 0.05) is 13.8 Å². The number of aliphatic hydroxyl groups excluding tert-OH is 12. The van der Waals surface area contributed by atoms with Crippen molar-refractivity contribution in [2.75, 3.05) is 26.4 Å². The van der Waals surface area contributed by atoms with Crippen LogP contribution in [0.25, 0.3) is 0 Å². The van der Waals surface area contributed by atoms with Crippen molar-refractivity contribution < 1.29 is 104 Å². The van der Waals surface area contributed by atoms with E-state index >= 15 is 0 Å². The molecule has 23 heteroatoms. The number of hydrogen-bond donors (Lipinski definition) is 14. The average Bonchev–Trinajstić information content (AvgIpc) is 3.09. The molecule has 4 fully saturated rings. The lowest BCUT2D eigenvalue weighted by Crippen LogP contribution is -2.70. The highest BCUT2D eigenvalue weighted by Crippen LogP contribution is 2.34. The van der Waals surface area contributed by atoms with Crippen molar-refractivity contribution >= 4 is 11.8 Å². The van der Waals surface area contributed by atoms with E-state index < -0.39 is 161 Å². The molecule has 0 spiro atoms. The molecule has 0 aliphatic carbocycles. The van der Waals surface area contributed by atoms with Crippen LogP contribution in [0.15, 0.2) is 0 Å². The highest BCUT2D eigenvalue weighted by molar-refractivity contribution is 5.73. The molecule has 51 heavy (non-hydrogen) atoms. The molecule has 4 rings (SSSR count). The van der Waals surface area contributed by atoms with Crippen LogP contribution < -0.4 is 10.6 Å². The Kier molecular flexibility index (Phi) is 14.8. The lowest BCUT2D eigenvalue weighted by Gasteiger charge is -2.50. The molecule has 0 radical (unpaired) electrons. The van der Waals surface area contributed by atoms with Crippen LogP contribution in [0.3, 0.4) is 0 Å². The molecule has 20 atom stereocenters. The molecular formula is C28H48N2O21. The summed E-state index contributed by atoms with van der Waals surface area (Å²) in [6.07, 6.45) is -31.1. The third-order valence-corrected chi connectivity index (χ3v) is 9.01. The van der Waals surface area contributed by atoms with Crippen LogP contribution in [0.5, 0.6) is 0 Å². The van der Waals surface area contributed by atoms with Crippen LogP contribution in [0.1, 0.15) is 13.8 Å². The molecule has 0 unspecified atom stereocenters. The van der Waals surface area contributed by atoms with Crippen LogP contribution >= 0.6 is 0 Å². The van der Waals surface area contributed by atoms with Crippen LogP contribution in [0, 0.1) is 0 Å². The Bertz CT molecular complexity index is 1140. The van der Waals surface area contributed by atoms with Gasteiger partial charge >= 0.3 is 0 Å². The quantitative estimate of drug-likeness (QED) is 0.0881. The number of carbonyl (C=O) groups is 2. The van der Waals surface area contributed by atoms with E-state index in [1.54, 1.807) is 0 Å². The maximum absolute atomic E-state index is 12.2. The largest absolute Gasteiger partial charge is 0.394 e. The summed E-state index contributed by atoms with van der Waals surface area (Å²) in [5.41, 5.74) is 0. The first-order valence-corrected chi connectivity index (χ1v) is 16.1. The van der Waals surface area contributed by atoms with Gasteiger partial charge in [-0.2, -0.15) is 0 Å². The molecule has 0 aromatic rings. The van der Waals surface area contributed by atoms with E-state index in [4.69, 9.17) is 33.2 Å². The summed E-state index contributed by atoms with van der Waals surface area (Å²) in [4.78, 5) is 23.9. The summed E-state index contributed by atoms with van der Waals surface area (Å²) in [5, 5.41) is 129. The van der Waals surface area contributed by atoms with Crippen molar-refractivity contribution in [3.05, 3.63) is 0 Å². The van der Waals surface area contributed by atoms with Crippen LogP contribution in [-0.4, -0.2) is 222 Å². The normalized spacial score (nSPS) is 47.8. The fourth-order valence-electron chi connectivity index (χ4n) is 6.36. The minimum absolute atomic E-state index is 0.656. The minimum atomic E-state index is -2.04. The number of aliphatic hydroxyl groups is 12. The van der Waals surface area contributed by atoms with Gasteiger partial charge in [-0.1, -0.05) is 0 Å². The Morgan fingerprint density at radius 1 is 0.471 bits per heavy atom. The van der Waals surface area contributed by atoms with Crippen molar-refractivity contribution in [3.8, 4) is 0 Å². The maximum Gasteiger partial charge on any atom is 0.217 e. The number of hydrogen-bond acceptors (Lipinski definition) is 21. The molecule has 0 saturated carbocycles. The Hall–Kier alpha value is -1.82. The van der Waals surface area contributed by atoms with Gasteiger partial charge in [-0.05, 0) is 0 Å². The molecule has 2 amide bonds. The molecular weight excluding hydrogens is 700 g/mol. The molecule has 4 heterocycles. The first-order valence-electron chi connectivity index (χ1n) is 16.1. The highest BCUT2D eigenvalue weighted by atomic mass is 16.8. The van der Waals surface area contributed by atoms with Crippen LogP contribution in [0.4, 0.5) is 0 Å². The Morgan fingerprint density at radius 2 is 0.843 bits per heavy atom. The molecule has 4 saturated heterocycles. The summed E-state index contributed by atoms with van der Waals surface area (Å²) in [6, 6.07) is -3.02. The predicted molar refractivity (Wildman–Crippen MR) is 157 cm³/mol. The second-order valence-electron chi connectivity index (χ2n) is 12.6. The Morgan fingerprint density at radius 3 is 1.33 bits per heavy atom. The molecule has 23 nitrogen and oxygen atoms in total. The van der Waals surface area contributed by atoms with Gasteiger partial charge in [0.1, 0.15) is 97.5 Å². The van der Waals surface area contributed by atoms with Crippen LogP contribution in [0.2, 0.25) is 0 Å². The molecule has 4 aliphatic heterocycles. The van der Waals surface area contributed by atoms with E-state index in [0.29, 0.717) is 0 Å². The Labute approximate surface area is 289 Å². The van der Waals surface area contributed by atoms with Crippen LogP contribution in [-0.2, 0) is 42.7 Å². The molecule has 4 aliphatic rings. The van der Waals surface area contributed by atoms with Gasteiger partial charge in [-0.15, -0.1) is 0 Å². The van der Waals surface area contributed by atoms with Crippen molar-refractivity contribution in [2.45, 2.75) is 137 Å². The van der Waals surface area contributed by atoms with Gasteiger partial charge in [0.25, 0.3) is 0 Å². The molecule has 14 N–H and O–H groups in total. The average molecular weight is 749 g/mol. The second-order valence-corrected chi connectivity index (χ2v) is 12.6. The zero-order valence-electron chi connectivity index (χ0n) is 27.4. The SMILES string of the molecule is CC(=O)N[C@@H]1[C@@H](O)[C@H](O[C@H]2O[C@H](CO)[C@@H](O[C@@H]3O[C@H](CO)[C@@H](O[C@@H]4O[C@H](CO)[C@@H](O)[C@H](O)[C@@H]4O)[C@H](O)[C@@H]3O)[C@H](O)[C@H]2NC(C)=O)[C@@H](CO)O[C@H]1O. The summed E-state index contributed by atoms with van der Waals surface area (Å²) < 4.78 is 39.1. The topological polar surface area (TPSA) is 366 Å². The van der Waals surface area contributed by atoms with Crippen molar-refractivity contribution in [1.29, 1.82) is 0 Å². The van der Waals surface area contributed by atoms with Crippen molar-refractivity contribution in [3.63, 3.8) is 0 Å². The number of nitrogens with one attached hydrogen (secondary N) is 2. The van der Waals surface area contributed by atoms with E-state index in [2.05, 4.69) is 10.6 Å². The van der Waals surface area contributed by atoms with Gasteiger partial charge < -0.3 is 105 Å². The summed E-state index contributed by atoms with van der Waals surface area (Å²) in [6.45, 7) is -1.25.